The molecule has 122 valence electrons. The van der Waals surface area contributed by atoms with E-state index in [4.69, 9.17) is 0 Å². The van der Waals surface area contributed by atoms with Gasteiger partial charge in [0.25, 0.3) is 5.91 Å². The lowest BCUT2D eigenvalue weighted by molar-refractivity contribution is 0.0674. The molecule has 2 aliphatic heterocycles. The van der Waals surface area contributed by atoms with Crippen LogP contribution in [0.4, 0.5) is 4.39 Å². The number of hydrogen-bond acceptors (Lipinski definition) is 2. The van der Waals surface area contributed by atoms with Gasteiger partial charge in [0.15, 0.2) is 0 Å². The number of carbonyl (C=O) groups excluding carboxylic acids is 1. The molecule has 2 aliphatic rings. The molecule has 2 heterocycles. The summed E-state index contributed by atoms with van der Waals surface area (Å²) >= 11 is 0. The van der Waals surface area contributed by atoms with E-state index < -0.39 is 0 Å². The van der Waals surface area contributed by atoms with Crippen molar-refractivity contribution in [2.24, 2.45) is 5.92 Å². The monoisotopic (exact) mass is 326 g/mol. The Morgan fingerprint density at radius 3 is 2.59 bits per heavy atom. The van der Waals surface area contributed by atoms with E-state index in [1.165, 1.54) is 18.9 Å². The minimum absolute atomic E-state index is 0. The Labute approximate surface area is 137 Å². The topological polar surface area (TPSA) is 32.3 Å². The van der Waals surface area contributed by atoms with E-state index in [1.54, 1.807) is 19.1 Å². The Hall–Kier alpha value is -1.13. The smallest absolute Gasteiger partial charge is 0.253 e. The molecule has 1 aromatic rings. The summed E-state index contributed by atoms with van der Waals surface area (Å²) in [5.74, 6) is 0.486. The van der Waals surface area contributed by atoms with Crippen molar-refractivity contribution >= 4 is 18.3 Å². The highest BCUT2D eigenvalue weighted by Crippen LogP contribution is 2.26. The predicted octanol–water partition coefficient (Wildman–Crippen LogP) is 3.16. The van der Waals surface area contributed by atoms with Crippen LogP contribution in [-0.4, -0.2) is 36.5 Å². The zero-order valence-corrected chi connectivity index (χ0v) is 13.8. The van der Waals surface area contributed by atoms with Gasteiger partial charge >= 0.3 is 0 Å². The van der Waals surface area contributed by atoms with Gasteiger partial charge in [-0.15, -0.1) is 12.4 Å². The van der Waals surface area contributed by atoms with E-state index in [-0.39, 0.29) is 24.1 Å². The van der Waals surface area contributed by atoms with Crippen LogP contribution in [0, 0.1) is 18.7 Å². The number of hydrogen-bond donors (Lipinski definition) is 1. The predicted molar refractivity (Wildman–Crippen MR) is 88.0 cm³/mol. The molecular weight excluding hydrogens is 303 g/mol. The highest BCUT2D eigenvalue weighted by atomic mass is 35.5. The second-order valence-electron chi connectivity index (χ2n) is 6.30. The number of carbonyl (C=O) groups is 1. The fraction of sp³-hybridized carbons (Fsp3) is 0.588. The van der Waals surface area contributed by atoms with Gasteiger partial charge in [0, 0.05) is 24.7 Å². The van der Waals surface area contributed by atoms with Gasteiger partial charge in [-0.1, -0.05) is 0 Å². The molecule has 0 bridgehead atoms. The van der Waals surface area contributed by atoms with Crippen LogP contribution in [0.25, 0.3) is 0 Å². The van der Waals surface area contributed by atoms with Gasteiger partial charge in [0.1, 0.15) is 5.82 Å². The molecule has 2 fully saturated rings. The Balaban J connectivity index is 0.00000176. The van der Waals surface area contributed by atoms with Crippen LogP contribution in [0.5, 0.6) is 0 Å². The van der Waals surface area contributed by atoms with Crippen LogP contribution >= 0.6 is 12.4 Å². The van der Waals surface area contributed by atoms with Crippen molar-refractivity contribution < 1.29 is 9.18 Å². The number of benzene rings is 1. The standard InChI is InChI=1S/C17H23FN2O.ClH/c1-12-11-14(4-5-15(12)18)17(21)20-9-6-13(7-10-20)16-3-2-8-19-16;/h4-5,11,13,16,19H,2-3,6-10H2,1H3;1H. The van der Waals surface area contributed by atoms with Crippen molar-refractivity contribution in [2.75, 3.05) is 19.6 Å². The second kappa shape index (κ2) is 7.42. The summed E-state index contributed by atoms with van der Waals surface area (Å²) in [6, 6.07) is 5.28. The van der Waals surface area contributed by atoms with E-state index in [0.717, 1.165) is 32.5 Å². The summed E-state index contributed by atoms with van der Waals surface area (Å²) in [4.78, 5) is 14.4. The highest BCUT2D eigenvalue weighted by Gasteiger charge is 2.30. The number of likely N-dealkylation sites (tertiary alicyclic amines) is 1. The third kappa shape index (κ3) is 3.61. The molecule has 1 N–H and O–H groups in total. The van der Waals surface area contributed by atoms with Gasteiger partial charge in [-0.05, 0) is 68.8 Å². The van der Waals surface area contributed by atoms with E-state index >= 15 is 0 Å². The Bertz CT molecular complexity index is 523. The second-order valence-corrected chi connectivity index (χ2v) is 6.30. The summed E-state index contributed by atoms with van der Waals surface area (Å²) in [5.41, 5.74) is 1.14. The summed E-state index contributed by atoms with van der Waals surface area (Å²) in [6.07, 6.45) is 4.70. The maximum atomic E-state index is 13.3. The summed E-state index contributed by atoms with van der Waals surface area (Å²) in [5, 5.41) is 3.57. The molecule has 2 saturated heterocycles. The number of rotatable bonds is 2. The lowest BCUT2D eigenvalue weighted by atomic mass is 9.88. The van der Waals surface area contributed by atoms with Crippen LogP contribution in [0.3, 0.4) is 0 Å². The largest absolute Gasteiger partial charge is 0.339 e. The van der Waals surface area contributed by atoms with Gasteiger partial charge in [-0.3, -0.25) is 4.79 Å². The van der Waals surface area contributed by atoms with Crippen molar-refractivity contribution in [3.05, 3.63) is 35.1 Å². The zero-order chi connectivity index (χ0) is 14.8. The van der Waals surface area contributed by atoms with Crippen LogP contribution < -0.4 is 5.32 Å². The fourth-order valence-electron chi connectivity index (χ4n) is 3.58. The number of halogens is 2. The molecule has 0 aromatic heterocycles. The van der Waals surface area contributed by atoms with Crippen LogP contribution in [-0.2, 0) is 0 Å². The van der Waals surface area contributed by atoms with Gasteiger partial charge < -0.3 is 10.2 Å². The SMILES string of the molecule is Cc1cc(C(=O)N2CCC(C3CCCN3)CC2)ccc1F.Cl. The molecule has 0 saturated carbocycles. The number of amides is 1. The third-order valence-corrected chi connectivity index (χ3v) is 4.90. The van der Waals surface area contributed by atoms with Gasteiger partial charge in [-0.25, -0.2) is 4.39 Å². The van der Waals surface area contributed by atoms with Crippen LogP contribution in [0.2, 0.25) is 0 Å². The van der Waals surface area contributed by atoms with Gasteiger partial charge in [-0.2, -0.15) is 0 Å². The minimum Gasteiger partial charge on any atom is -0.339 e. The molecule has 1 atom stereocenters. The minimum atomic E-state index is -0.252. The zero-order valence-electron chi connectivity index (χ0n) is 13.0. The normalized spacial score (nSPS) is 22.5. The van der Waals surface area contributed by atoms with Crippen molar-refractivity contribution in [1.82, 2.24) is 10.2 Å². The third-order valence-electron chi connectivity index (χ3n) is 4.90. The van der Waals surface area contributed by atoms with Crippen molar-refractivity contribution in [3.8, 4) is 0 Å². The molecule has 3 rings (SSSR count). The molecule has 1 unspecified atom stereocenters. The lowest BCUT2D eigenvalue weighted by Crippen LogP contribution is -2.43. The van der Waals surface area contributed by atoms with E-state index in [9.17, 15) is 9.18 Å². The van der Waals surface area contributed by atoms with Crippen molar-refractivity contribution in [1.29, 1.82) is 0 Å². The van der Waals surface area contributed by atoms with E-state index in [2.05, 4.69) is 5.32 Å². The van der Waals surface area contributed by atoms with Crippen molar-refractivity contribution in [2.45, 2.75) is 38.6 Å². The van der Waals surface area contributed by atoms with Gasteiger partial charge in [0.05, 0.1) is 0 Å². The molecule has 0 spiro atoms. The average molecular weight is 327 g/mol. The van der Waals surface area contributed by atoms with E-state index in [1.807, 2.05) is 4.90 Å². The number of nitrogens with one attached hydrogen (secondary N) is 1. The first kappa shape index (κ1) is 17.2. The molecule has 22 heavy (non-hydrogen) atoms. The summed E-state index contributed by atoms with van der Waals surface area (Å²) in [7, 11) is 0. The molecule has 1 amide bonds. The fourth-order valence-corrected chi connectivity index (χ4v) is 3.58. The van der Waals surface area contributed by atoms with E-state index in [0.29, 0.717) is 23.1 Å². The molecule has 5 heteroatoms. The van der Waals surface area contributed by atoms with Crippen molar-refractivity contribution in [3.63, 3.8) is 0 Å². The number of piperidine rings is 1. The maximum Gasteiger partial charge on any atom is 0.253 e. The first-order valence-corrected chi connectivity index (χ1v) is 7.94. The Morgan fingerprint density at radius 1 is 1.27 bits per heavy atom. The molecule has 3 nitrogen and oxygen atoms in total. The molecular formula is C17H24ClFN2O. The maximum absolute atomic E-state index is 13.3. The highest BCUT2D eigenvalue weighted by molar-refractivity contribution is 5.94. The number of nitrogens with zero attached hydrogens (tertiary/aromatic N) is 1. The molecule has 0 aliphatic carbocycles. The first-order valence-electron chi connectivity index (χ1n) is 7.94. The molecule has 1 aromatic carbocycles. The molecule has 0 radical (unpaired) electrons. The quantitative estimate of drug-likeness (QED) is 0.905. The first-order chi connectivity index (χ1) is 10.1. The summed E-state index contributed by atoms with van der Waals surface area (Å²) < 4.78 is 13.3. The van der Waals surface area contributed by atoms with Crippen LogP contribution in [0.15, 0.2) is 18.2 Å². The lowest BCUT2D eigenvalue weighted by Gasteiger charge is -2.35. The average Bonchev–Trinajstić information content (AvgIpc) is 3.04. The van der Waals surface area contributed by atoms with Gasteiger partial charge in [0.2, 0.25) is 0 Å². The summed E-state index contributed by atoms with van der Waals surface area (Å²) in [6.45, 7) is 4.47. The Morgan fingerprint density at radius 2 is 2.00 bits per heavy atom. The van der Waals surface area contributed by atoms with Crippen LogP contribution in [0.1, 0.15) is 41.6 Å². The number of aryl methyl sites for hydroxylation is 1. The Kier molecular flexibility index (Phi) is 5.81.